The van der Waals surface area contributed by atoms with Crippen molar-refractivity contribution in [1.82, 2.24) is 0 Å². The zero-order chi connectivity index (χ0) is 24.0. The van der Waals surface area contributed by atoms with E-state index < -0.39 is 0 Å². The van der Waals surface area contributed by atoms with E-state index in [2.05, 4.69) is 25.6 Å². The van der Waals surface area contributed by atoms with Gasteiger partial charge in [0.25, 0.3) is 0 Å². The number of hydrogen-bond acceptors (Lipinski definition) is 3. The number of unbranched alkanes of at least 4 members (excludes halogenated alkanes) is 3. The van der Waals surface area contributed by atoms with Gasteiger partial charge >= 0.3 is 5.97 Å². The Bertz CT molecular complexity index is 845. The van der Waals surface area contributed by atoms with E-state index in [0.29, 0.717) is 17.9 Å². The van der Waals surface area contributed by atoms with Crippen LogP contribution in [0.2, 0.25) is 0 Å². The summed E-state index contributed by atoms with van der Waals surface area (Å²) in [5.41, 5.74) is 1.85. The van der Waals surface area contributed by atoms with Crippen LogP contribution in [0.25, 0.3) is 0 Å². The van der Waals surface area contributed by atoms with Gasteiger partial charge in [0.2, 0.25) is 0 Å². The largest absolute Gasteiger partial charge is 0.494 e. The summed E-state index contributed by atoms with van der Waals surface area (Å²) in [6.07, 6.45) is 17.0. The smallest absolute Gasteiger partial charge is 0.343 e. The first-order valence-electron chi connectivity index (χ1n) is 13.3. The summed E-state index contributed by atoms with van der Waals surface area (Å²) in [7, 11) is 0. The molecule has 2 aromatic rings. The van der Waals surface area contributed by atoms with E-state index in [1.807, 2.05) is 30.3 Å². The van der Waals surface area contributed by atoms with Crippen LogP contribution in [0.1, 0.15) is 93.5 Å². The number of aryl methyl sites for hydroxylation is 1. The summed E-state index contributed by atoms with van der Waals surface area (Å²) in [5.74, 6) is 2.87. The normalized spacial score (nSPS) is 17.8. The van der Waals surface area contributed by atoms with Gasteiger partial charge in [-0.3, -0.25) is 0 Å². The summed E-state index contributed by atoms with van der Waals surface area (Å²) >= 11 is 0. The summed E-state index contributed by atoms with van der Waals surface area (Å²) in [6, 6.07) is 15.2. The molecule has 1 aliphatic rings. The Labute approximate surface area is 206 Å². The van der Waals surface area contributed by atoms with Crippen molar-refractivity contribution < 1.29 is 14.3 Å². The molecule has 184 valence electrons. The number of benzene rings is 2. The maximum atomic E-state index is 12.5. The van der Waals surface area contributed by atoms with Gasteiger partial charge in [-0.2, -0.15) is 0 Å². The lowest BCUT2D eigenvalue weighted by molar-refractivity contribution is 0.0734. The molecule has 1 saturated carbocycles. The van der Waals surface area contributed by atoms with Crippen LogP contribution < -0.4 is 9.47 Å². The van der Waals surface area contributed by atoms with Gasteiger partial charge in [-0.1, -0.05) is 63.7 Å². The molecule has 0 N–H and O–H groups in total. The molecule has 2 aromatic carbocycles. The highest BCUT2D eigenvalue weighted by atomic mass is 16.5. The van der Waals surface area contributed by atoms with Crippen LogP contribution in [-0.2, 0) is 6.42 Å². The van der Waals surface area contributed by atoms with Gasteiger partial charge < -0.3 is 9.47 Å². The molecule has 0 atom stereocenters. The molecule has 0 aromatic heterocycles. The summed E-state index contributed by atoms with van der Waals surface area (Å²) in [4.78, 5) is 12.5. The third-order valence-corrected chi connectivity index (χ3v) is 7.05. The maximum Gasteiger partial charge on any atom is 0.343 e. The molecule has 34 heavy (non-hydrogen) atoms. The van der Waals surface area contributed by atoms with Crippen molar-refractivity contribution in [3.8, 4) is 11.5 Å². The van der Waals surface area contributed by atoms with E-state index in [0.717, 1.165) is 49.7 Å². The van der Waals surface area contributed by atoms with Crippen LogP contribution in [0, 0.1) is 11.8 Å². The Balaban J connectivity index is 1.37. The average molecular weight is 463 g/mol. The second kappa shape index (κ2) is 14.7. The van der Waals surface area contributed by atoms with Crippen molar-refractivity contribution in [2.45, 2.75) is 84.0 Å². The molecule has 0 radical (unpaired) electrons. The number of carbonyl (C=O) groups is 1. The molecule has 0 heterocycles. The standard InChI is InChI=1S/C31H42O3/c1-3-5-6-7-8-24-33-29-22-18-28(19-23-29)31(32)34-30-20-16-27(17-21-30)15-14-26-12-10-25(9-4-2)11-13-26/h3,16-23,25-26H,1,4-15,24H2,2H3/t25-,26-. The van der Waals surface area contributed by atoms with E-state index in [9.17, 15) is 4.79 Å². The molecule has 0 saturated heterocycles. The molecular weight excluding hydrogens is 420 g/mol. The number of ether oxygens (including phenoxy) is 2. The molecule has 0 amide bonds. The van der Waals surface area contributed by atoms with E-state index in [1.54, 1.807) is 12.1 Å². The molecular formula is C31H42O3. The number of hydrogen-bond donors (Lipinski definition) is 0. The minimum atomic E-state index is -0.340. The molecule has 3 heteroatoms. The first kappa shape index (κ1) is 26.1. The third-order valence-electron chi connectivity index (χ3n) is 7.05. The first-order chi connectivity index (χ1) is 16.7. The van der Waals surface area contributed by atoms with Gasteiger partial charge in [-0.25, -0.2) is 4.79 Å². The van der Waals surface area contributed by atoms with Crippen molar-refractivity contribution in [2.75, 3.05) is 6.61 Å². The predicted molar refractivity (Wildman–Crippen MR) is 141 cm³/mol. The lowest BCUT2D eigenvalue weighted by atomic mass is 9.78. The Hall–Kier alpha value is -2.55. The second-order valence-electron chi connectivity index (χ2n) is 9.76. The van der Waals surface area contributed by atoms with Crippen molar-refractivity contribution in [3.05, 3.63) is 72.3 Å². The van der Waals surface area contributed by atoms with Crippen LogP contribution in [0.5, 0.6) is 11.5 Å². The Morgan fingerprint density at radius 1 is 0.882 bits per heavy atom. The van der Waals surface area contributed by atoms with E-state index in [4.69, 9.17) is 9.47 Å². The van der Waals surface area contributed by atoms with Crippen LogP contribution in [0.4, 0.5) is 0 Å². The predicted octanol–water partition coefficient (Wildman–Crippen LogP) is 8.57. The fourth-order valence-corrected chi connectivity index (χ4v) is 4.92. The summed E-state index contributed by atoms with van der Waals surface area (Å²) in [5, 5.41) is 0. The first-order valence-corrected chi connectivity index (χ1v) is 13.3. The zero-order valence-corrected chi connectivity index (χ0v) is 21.0. The highest BCUT2D eigenvalue weighted by molar-refractivity contribution is 5.91. The molecule has 3 nitrogen and oxygen atoms in total. The van der Waals surface area contributed by atoms with Crippen LogP contribution in [0.15, 0.2) is 61.2 Å². The molecule has 0 bridgehead atoms. The van der Waals surface area contributed by atoms with Gasteiger partial charge in [0, 0.05) is 0 Å². The fraction of sp³-hybridized carbons (Fsp3) is 0.516. The molecule has 0 aliphatic heterocycles. The maximum absolute atomic E-state index is 12.5. The number of allylic oxidation sites excluding steroid dienone is 1. The molecule has 0 spiro atoms. The van der Waals surface area contributed by atoms with Crippen molar-refractivity contribution >= 4 is 5.97 Å². The highest BCUT2D eigenvalue weighted by Crippen LogP contribution is 2.34. The summed E-state index contributed by atoms with van der Waals surface area (Å²) < 4.78 is 11.3. The Morgan fingerprint density at radius 3 is 2.18 bits per heavy atom. The van der Waals surface area contributed by atoms with Crippen molar-refractivity contribution in [3.63, 3.8) is 0 Å². The SMILES string of the molecule is C=CCCCCCOc1ccc(C(=O)Oc2ccc(CC[C@H]3CC[C@H](CCC)CC3)cc2)cc1. The lowest BCUT2D eigenvalue weighted by Gasteiger charge is -2.28. The van der Waals surface area contributed by atoms with Gasteiger partial charge in [0.05, 0.1) is 12.2 Å². The van der Waals surface area contributed by atoms with Gasteiger partial charge in [0.1, 0.15) is 11.5 Å². The van der Waals surface area contributed by atoms with Crippen LogP contribution in [-0.4, -0.2) is 12.6 Å². The Morgan fingerprint density at radius 2 is 1.53 bits per heavy atom. The van der Waals surface area contributed by atoms with E-state index in [1.165, 1.54) is 50.5 Å². The molecule has 1 fully saturated rings. The minimum Gasteiger partial charge on any atom is -0.494 e. The summed E-state index contributed by atoms with van der Waals surface area (Å²) in [6.45, 7) is 6.73. The van der Waals surface area contributed by atoms with Crippen LogP contribution in [0.3, 0.4) is 0 Å². The average Bonchev–Trinajstić information content (AvgIpc) is 2.87. The number of esters is 1. The number of carbonyl (C=O) groups excluding carboxylic acids is 1. The lowest BCUT2D eigenvalue weighted by Crippen LogP contribution is -2.15. The van der Waals surface area contributed by atoms with Crippen LogP contribution >= 0.6 is 0 Å². The van der Waals surface area contributed by atoms with Crippen molar-refractivity contribution in [1.29, 1.82) is 0 Å². The monoisotopic (exact) mass is 462 g/mol. The topological polar surface area (TPSA) is 35.5 Å². The van der Waals surface area contributed by atoms with Gasteiger partial charge in [0.15, 0.2) is 0 Å². The van der Waals surface area contributed by atoms with E-state index in [-0.39, 0.29) is 5.97 Å². The quantitative estimate of drug-likeness (QED) is 0.122. The zero-order valence-electron chi connectivity index (χ0n) is 21.0. The number of rotatable bonds is 14. The minimum absolute atomic E-state index is 0.340. The Kier molecular flexibility index (Phi) is 11.2. The third kappa shape index (κ3) is 9.00. The molecule has 1 aliphatic carbocycles. The highest BCUT2D eigenvalue weighted by Gasteiger charge is 2.20. The van der Waals surface area contributed by atoms with E-state index >= 15 is 0 Å². The second-order valence-corrected chi connectivity index (χ2v) is 9.76. The molecule has 3 rings (SSSR count). The van der Waals surface area contributed by atoms with Gasteiger partial charge in [-0.15, -0.1) is 6.58 Å². The molecule has 0 unspecified atom stereocenters. The fourth-order valence-electron chi connectivity index (χ4n) is 4.92. The van der Waals surface area contributed by atoms with Crippen molar-refractivity contribution in [2.24, 2.45) is 11.8 Å². The van der Waals surface area contributed by atoms with Gasteiger partial charge in [-0.05, 0) is 92.3 Å².